The van der Waals surface area contributed by atoms with Gasteiger partial charge in [0.1, 0.15) is 17.7 Å². The Bertz CT molecular complexity index is 877. The minimum Gasteiger partial charge on any atom is -0.462 e. The molecule has 0 spiro atoms. The number of aromatic nitrogens is 3. The van der Waals surface area contributed by atoms with Crippen LogP contribution in [0, 0.1) is 6.92 Å². The first-order valence-electron chi connectivity index (χ1n) is 8.40. The van der Waals surface area contributed by atoms with Crippen molar-refractivity contribution >= 4 is 23.1 Å². The number of nitrogens with zero attached hydrogens (tertiary/aromatic N) is 3. The predicted octanol–water partition coefficient (Wildman–Crippen LogP) is 3.74. The highest BCUT2D eigenvalue weighted by Gasteiger charge is 2.13. The molecular weight excluding hydrogens is 348 g/mol. The first kappa shape index (κ1) is 18.0. The number of esters is 1. The number of ether oxygens (including phenoxy) is 1. The number of carbonyl (C=O) groups excluding carboxylic acids is 1. The summed E-state index contributed by atoms with van der Waals surface area (Å²) in [5, 5.41) is 6.32. The summed E-state index contributed by atoms with van der Waals surface area (Å²) in [6.45, 7) is 4.74. The Morgan fingerprint density at radius 1 is 1.27 bits per heavy atom. The molecule has 134 valence electrons. The number of thiazole rings is 1. The van der Waals surface area contributed by atoms with Gasteiger partial charge in [0.2, 0.25) is 0 Å². The van der Waals surface area contributed by atoms with Crippen LogP contribution in [0.1, 0.15) is 27.9 Å². The van der Waals surface area contributed by atoms with E-state index in [1.807, 2.05) is 6.92 Å². The second kappa shape index (κ2) is 8.53. The Hall–Kier alpha value is -2.80. The molecule has 0 aliphatic heterocycles. The highest BCUT2D eigenvalue weighted by Crippen LogP contribution is 2.22. The molecule has 0 unspecified atom stereocenters. The van der Waals surface area contributed by atoms with Crippen LogP contribution in [0.5, 0.6) is 0 Å². The number of rotatable bonds is 7. The molecule has 0 aliphatic carbocycles. The first-order chi connectivity index (χ1) is 12.7. The summed E-state index contributed by atoms with van der Waals surface area (Å²) in [6.07, 6.45) is 3.69. The van der Waals surface area contributed by atoms with E-state index in [1.165, 1.54) is 18.1 Å². The van der Waals surface area contributed by atoms with Crippen molar-refractivity contribution in [2.24, 2.45) is 0 Å². The SMILES string of the molecule is CCOC(=O)c1cncnc1NCCc1ccc(-c2csc(C)n2)cc1. The molecule has 2 aromatic heterocycles. The van der Waals surface area contributed by atoms with Crippen molar-refractivity contribution < 1.29 is 9.53 Å². The highest BCUT2D eigenvalue weighted by molar-refractivity contribution is 7.09. The molecule has 0 fully saturated rings. The monoisotopic (exact) mass is 368 g/mol. The minimum atomic E-state index is -0.418. The maximum Gasteiger partial charge on any atom is 0.343 e. The fourth-order valence-electron chi connectivity index (χ4n) is 2.49. The molecule has 2 heterocycles. The van der Waals surface area contributed by atoms with Gasteiger partial charge in [0.15, 0.2) is 0 Å². The molecule has 1 aromatic carbocycles. The number of carbonyl (C=O) groups is 1. The van der Waals surface area contributed by atoms with E-state index in [1.54, 1.807) is 18.3 Å². The predicted molar refractivity (Wildman–Crippen MR) is 102 cm³/mol. The van der Waals surface area contributed by atoms with Gasteiger partial charge in [0, 0.05) is 23.7 Å². The molecule has 26 heavy (non-hydrogen) atoms. The van der Waals surface area contributed by atoms with Gasteiger partial charge in [-0.2, -0.15) is 0 Å². The molecule has 0 radical (unpaired) electrons. The Balaban J connectivity index is 1.59. The molecule has 0 saturated heterocycles. The van der Waals surface area contributed by atoms with Crippen molar-refractivity contribution in [1.82, 2.24) is 15.0 Å². The summed E-state index contributed by atoms with van der Waals surface area (Å²) in [5.74, 6) is 0.0755. The van der Waals surface area contributed by atoms with Crippen molar-refractivity contribution in [3.05, 3.63) is 58.3 Å². The molecule has 0 amide bonds. The summed E-state index contributed by atoms with van der Waals surface area (Å²) in [5.41, 5.74) is 3.67. The largest absolute Gasteiger partial charge is 0.462 e. The fourth-order valence-corrected chi connectivity index (χ4v) is 3.11. The zero-order valence-electron chi connectivity index (χ0n) is 14.7. The Kier molecular flexibility index (Phi) is 5.91. The van der Waals surface area contributed by atoms with Crippen LogP contribution in [0.3, 0.4) is 0 Å². The normalized spacial score (nSPS) is 10.5. The standard InChI is InChI=1S/C19H20N4O2S/c1-3-25-19(24)16-10-20-12-22-18(16)21-9-8-14-4-6-15(7-5-14)17-11-26-13(2)23-17/h4-7,10-12H,3,8-9H2,1-2H3,(H,20,21,22). The number of hydrogen-bond donors (Lipinski definition) is 1. The van der Waals surface area contributed by atoms with E-state index in [-0.39, 0.29) is 0 Å². The summed E-state index contributed by atoms with van der Waals surface area (Å²) >= 11 is 1.65. The molecule has 1 N–H and O–H groups in total. The lowest BCUT2D eigenvalue weighted by atomic mass is 10.1. The molecule has 0 atom stereocenters. The molecule has 0 aliphatic rings. The third-order valence-corrected chi connectivity index (χ3v) is 4.56. The average molecular weight is 368 g/mol. The maximum absolute atomic E-state index is 11.9. The van der Waals surface area contributed by atoms with Gasteiger partial charge in [-0.05, 0) is 25.8 Å². The number of hydrogen-bond acceptors (Lipinski definition) is 7. The summed E-state index contributed by atoms with van der Waals surface area (Å²) < 4.78 is 5.03. The minimum absolute atomic E-state index is 0.317. The van der Waals surface area contributed by atoms with Crippen molar-refractivity contribution in [3.8, 4) is 11.3 Å². The first-order valence-corrected chi connectivity index (χ1v) is 9.27. The number of nitrogens with one attached hydrogen (secondary N) is 1. The van der Waals surface area contributed by atoms with Crippen LogP contribution in [0.25, 0.3) is 11.3 Å². The van der Waals surface area contributed by atoms with Crippen LogP contribution < -0.4 is 5.32 Å². The molecule has 3 aromatic rings. The highest BCUT2D eigenvalue weighted by atomic mass is 32.1. The van der Waals surface area contributed by atoms with Gasteiger partial charge in [-0.15, -0.1) is 11.3 Å². The number of aryl methyl sites for hydroxylation is 1. The van der Waals surface area contributed by atoms with E-state index in [2.05, 4.69) is 49.9 Å². The summed E-state index contributed by atoms with van der Waals surface area (Å²) in [6, 6.07) is 8.35. The van der Waals surface area contributed by atoms with Crippen LogP contribution in [-0.4, -0.2) is 34.1 Å². The average Bonchev–Trinajstić information content (AvgIpc) is 3.09. The van der Waals surface area contributed by atoms with E-state index in [0.29, 0.717) is 24.5 Å². The molecule has 0 bridgehead atoms. The molecule has 3 rings (SSSR count). The van der Waals surface area contributed by atoms with E-state index >= 15 is 0 Å². The van der Waals surface area contributed by atoms with E-state index in [4.69, 9.17) is 4.74 Å². The Labute approximate surface area is 156 Å². The van der Waals surface area contributed by atoms with Gasteiger partial charge in [-0.1, -0.05) is 24.3 Å². The Morgan fingerprint density at radius 2 is 2.08 bits per heavy atom. The molecule has 0 saturated carbocycles. The van der Waals surface area contributed by atoms with E-state index in [0.717, 1.165) is 22.7 Å². The molecule has 6 nitrogen and oxygen atoms in total. The van der Waals surface area contributed by atoms with Crippen LogP contribution in [0.2, 0.25) is 0 Å². The van der Waals surface area contributed by atoms with Crippen LogP contribution in [-0.2, 0) is 11.2 Å². The quantitative estimate of drug-likeness (QED) is 0.640. The van der Waals surface area contributed by atoms with Gasteiger partial charge in [-0.3, -0.25) is 0 Å². The fraction of sp³-hybridized carbons (Fsp3) is 0.263. The van der Waals surface area contributed by atoms with E-state index in [9.17, 15) is 4.79 Å². The van der Waals surface area contributed by atoms with Crippen molar-refractivity contribution in [2.45, 2.75) is 20.3 Å². The second-order valence-corrected chi connectivity index (χ2v) is 6.69. The van der Waals surface area contributed by atoms with Gasteiger partial charge in [0.25, 0.3) is 0 Å². The van der Waals surface area contributed by atoms with Crippen LogP contribution in [0.4, 0.5) is 5.82 Å². The summed E-state index contributed by atoms with van der Waals surface area (Å²) in [4.78, 5) is 24.5. The van der Waals surface area contributed by atoms with Gasteiger partial charge < -0.3 is 10.1 Å². The third kappa shape index (κ3) is 4.43. The lowest BCUT2D eigenvalue weighted by Gasteiger charge is -2.10. The Morgan fingerprint density at radius 3 is 2.77 bits per heavy atom. The lowest BCUT2D eigenvalue weighted by molar-refractivity contribution is 0.0526. The molecular formula is C19H20N4O2S. The topological polar surface area (TPSA) is 77.0 Å². The van der Waals surface area contributed by atoms with Crippen molar-refractivity contribution in [2.75, 3.05) is 18.5 Å². The third-order valence-electron chi connectivity index (χ3n) is 3.78. The van der Waals surface area contributed by atoms with E-state index < -0.39 is 5.97 Å². The van der Waals surface area contributed by atoms with Crippen molar-refractivity contribution in [3.63, 3.8) is 0 Å². The van der Waals surface area contributed by atoms with Crippen molar-refractivity contribution in [1.29, 1.82) is 0 Å². The van der Waals surface area contributed by atoms with Gasteiger partial charge in [0.05, 0.1) is 17.3 Å². The zero-order chi connectivity index (χ0) is 18.4. The maximum atomic E-state index is 11.9. The molecule has 7 heteroatoms. The van der Waals surface area contributed by atoms with Crippen LogP contribution in [0.15, 0.2) is 42.2 Å². The lowest BCUT2D eigenvalue weighted by Crippen LogP contribution is -2.13. The second-order valence-electron chi connectivity index (χ2n) is 5.63. The zero-order valence-corrected chi connectivity index (χ0v) is 15.5. The number of anilines is 1. The number of benzene rings is 1. The van der Waals surface area contributed by atoms with Gasteiger partial charge in [-0.25, -0.2) is 19.7 Å². The van der Waals surface area contributed by atoms with Crippen LogP contribution >= 0.6 is 11.3 Å². The van der Waals surface area contributed by atoms with Gasteiger partial charge >= 0.3 is 5.97 Å². The summed E-state index contributed by atoms with van der Waals surface area (Å²) in [7, 11) is 0. The smallest absolute Gasteiger partial charge is 0.343 e.